The van der Waals surface area contributed by atoms with Crippen LogP contribution in [0.5, 0.6) is 0 Å². The predicted octanol–water partition coefficient (Wildman–Crippen LogP) is 4.39. The van der Waals surface area contributed by atoms with Crippen LogP contribution in [-0.2, 0) is 10.5 Å². The fourth-order valence-electron chi connectivity index (χ4n) is 3.78. The highest BCUT2D eigenvalue weighted by Crippen LogP contribution is 2.59. The average molecular weight is 439 g/mol. The molecule has 31 heavy (non-hydrogen) atoms. The van der Waals surface area contributed by atoms with Crippen molar-refractivity contribution in [1.82, 2.24) is 20.8 Å². The van der Waals surface area contributed by atoms with E-state index in [0.29, 0.717) is 11.3 Å². The molecule has 0 aliphatic heterocycles. The normalized spacial score (nSPS) is 18.8. The number of hydrazine groups is 1. The summed E-state index contributed by atoms with van der Waals surface area (Å²) in [5.74, 6) is 0.302. The van der Waals surface area contributed by atoms with Crippen molar-refractivity contribution in [2.24, 2.45) is 17.3 Å². The fraction of sp³-hybridized carbons (Fsp3) is 0.417. The number of hydrogen-bond acceptors (Lipinski definition) is 5. The number of nitrogens with zero attached hydrogens (tertiary/aromatic N) is 2. The number of carbonyl (C=O) groups excluding carboxylic acids is 2. The van der Waals surface area contributed by atoms with E-state index in [4.69, 9.17) is 0 Å². The van der Waals surface area contributed by atoms with Gasteiger partial charge in [-0.05, 0) is 62.8 Å². The molecule has 7 heteroatoms. The lowest BCUT2D eigenvalue weighted by molar-refractivity contribution is -0.123. The molecule has 1 aliphatic rings. The Balaban J connectivity index is 1.51. The van der Waals surface area contributed by atoms with Crippen LogP contribution in [0.2, 0.25) is 0 Å². The van der Waals surface area contributed by atoms with Crippen molar-refractivity contribution < 1.29 is 9.59 Å². The lowest BCUT2D eigenvalue weighted by Gasteiger charge is -2.09. The van der Waals surface area contributed by atoms with Crippen LogP contribution < -0.4 is 10.9 Å². The molecule has 1 aromatic heterocycles. The van der Waals surface area contributed by atoms with E-state index in [2.05, 4.69) is 40.7 Å². The van der Waals surface area contributed by atoms with Crippen LogP contribution in [-0.4, -0.2) is 21.8 Å². The molecule has 164 valence electrons. The molecule has 0 radical (unpaired) electrons. The van der Waals surface area contributed by atoms with E-state index in [1.54, 1.807) is 23.9 Å². The van der Waals surface area contributed by atoms with Gasteiger partial charge in [0.2, 0.25) is 5.91 Å². The molecule has 1 heterocycles. The van der Waals surface area contributed by atoms with Gasteiger partial charge >= 0.3 is 0 Å². The van der Waals surface area contributed by atoms with Gasteiger partial charge in [-0.2, -0.15) is 0 Å². The van der Waals surface area contributed by atoms with Crippen LogP contribution in [0, 0.1) is 31.1 Å². The van der Waals surface area contributed by atoms with E-state index in [9.17, 15) is 9.59 Å². The molecule has 2 atom stereocenters. The SMILES string of the molecule is CC(C)=CC1C(C(=O)NNC(=O)c2ccc(CSc3nc(C)cc(C)n3)cc2)C1(C)C. The molecular formula is C24H30N4O2S. The van der Waals surface area contributed by atoms with Gasteiger partial charge in [0, 0.05) is 22.7 Å². The molecule has 2 N–H and O–H groups in total. The second kappa shape index (κ2) is 9.22. The van der Waals surface area contributed by atoms with Crippen molar-refractivity contribution in [2.75, 3.05) is 0 Å². The van der Waals surface area contributed by atoms with E-state index in [1.807, 2.05) is 45.9 Å². The highest BCUT2D eigenvalue weighted by atomic mass is 32.2. The topological polar surface area (TPSA) is 84.0 Å². The average Bonchev–Trinajstić information content (AvgIpc) is 3.23. The Morgan fingerprint density at radius 2 is 1.68 bits per heavy atom. The Kier molecular flexibility index (Phi) is 6.84. The molecule has 1 aliphatic carbocycles. The molecule has 6 nitrogen and oxygen atoms in total. The van der Waals surface area contributed by atoms with E-state index in [-0.39, 0.29) is 29.1 Å². The van der Waals surface area contributed by atoms with Crippen molar-refractivity contribution in [3.8, 4) is 0 Å². The van der Waals surface area contributed by atoms with Gasteiger partial charge in [-0.3, -0.25) is 20.4 Å². The smallest absolute Gasteiger partial charge is 0.269 e. The van der Waals surface area contributed by atoms with Crippen molar-refractivity contribution in [3.63, 3.8) is 0 Å². The summed E-state index contributed by atoms with van der Waals surface area (Å²) in [7, 11) is 0. The summed E-state index contributed by atoms with van der Waals surface area (Å²) in [5.41, 5.74) is 9.68. The zero-order chi connectivity index (χ0) is 22.8. The lowest BCUT2D eigenvalue weighted by Crippen LogP contribution is -2.43. The van der Waals surface area contributed by atoms with Gasteiger partial charge < -0.3 is 0 Å². The minimum atomic E-state index is -0.331. The summed E-state index contributed by atoms with van der Waals surface area (Å²) < 4.78 is 0. The first kappa shape index (κ1) is 23.0. The predicted molar refractivity (Wildman–Crippen MR) is 123 cm³/mol. The van der Waals surface area contributed by atoms with Crippen LogP contribution in [0.1, 0.15) is 55.0 Å². The van der Waals surface area contributed by atoms with Crippen molar-refractivity contribution in [1.29, 1.82) is 0 Å². The first-order chi connectivity index (χ1) is 14.6. The maximum Gasteiger partial charge on any atom is 0.269 e. The third kappa shape index (κ3) is 5.73. The first-order valence-corrected chi connectivity index (χ1v) is 11.4. The molecule has 1 fully saturated rings. The second-order valence-corrected chi connectivity index (χ2v) is 9.87. The van der Waals surface area contributed by atoms with Gasteiger partial charge in [0.25, 0.3) is 5.91 Å². The summed E-state index contributed by atoms with van der Waals surface area (Å²) in [6.07, 6.45) is 2.13. The second-order valence-electron chi connectivity index (χ2n) is 8.93. The molecule has 2 aromatic rings. The monoisotopic (exact) mass is 438 g/mol. The van der Waals surface area contributed by atoms with Crippen molar-refractivity contribution in [2.45, 2.75) is 52.5 Å². The summed E-state index contributed by atoms with van der Waals surface area (Å²) in [4.78, 5) is 33.8. The summed E-state index contributed by atoms with van der Waals surface area (Å²) in [6, 6.07) is 9.27. The number of allylic oxidation sites excluding steroid dienone is 2. The van der Waals surface area contributed by atoms with E-state index >= 15 is 0 Å². The molecule has 2 amide bonds. The Bertz CT molecular complexity index is 990. The summed E-state index contributed by atoms with van der Waals surface area (Å²) in [6.45, 7) is 12.1. The molecular weight excluding hydrogens is 408 g/mol. The fourth-order valence-corrected chi connectivity index (χ4v) is 4.68. The zero-order valence-corrected chi connectivity index (χ0v) is 19.8. The highest BCUT2D eigenvalue weighted by molar-refractivity contribution is 7.98. The number of rotatable bonds is 6. The summed E-state index contributed by atoms with van der Waals surface area (Å²) >= 11 is 1.56. The van der Waals surface area contributed by atoms with Gasteiger partial charge in [0.1, 0.15) is 0 Å². The molecule has 2 unspecified atom stereocenters. The minimum absolute atomic E-state index is 0.0923. The number of carbonyl (C=O) groups is 2. The number of aryl methyl sites for hydroxylation is 2. The van der Waals surface area contributed by atoms with Gasteiger partial charge in [0.05, 0.1) is 5.92 Å². The van der Waals surface area contributed by atoms with Crippen LogP contribution in [0.3, 0.4) is 0 Å². The number of benzene rings is 1. The highest BCUT2D eigenvalue weighted by Gasteiger charge is 2.60. The Labute approximate surface area is 188 Å². The van der Waals surface area contributed by atoms with Gasteiger partial charge in [-0.15, -0.1) is 0 Å². The van der Waals surface area contributed by atoms with E-state index in [1.165, 1.54) is 5.57 Å². The molecule has 3 rings (SSSR count). The number of nitrogens with one attached hydrogen (secondary N) is 2. The minimum Gasteiger partial charge on any atom is -0.273 e. The standard InChI is InChI=1S/C24H30N4O2S/c1-14(2)11-19-20(24(19,5)6)22(30)28-27-21(29)18-9-7-17(8-10-18)13-31-23-25-15(3)12-16(4)26-23/h7-12,19-20H,13H2,1-6H3,(H,27,29)(H,28,30). The van der Waals surface area contributed by atoms with Crippen LogP contribution >= 0.6 is 11.8 Å². The number of thioether (sulfide) groups is 1. The van der Waals surface area contributed by atoms with Gasteiger partial charge in [0.15, 0.2) is 5.16 Å². The number of hydrogen-bond donors (Lipinski definition) is 2. The summed E-state index contributed by atoms with van der Waals surface area (Å²) in [5, 5.41) is 0.747. The van der Waals surface area contributed by atoms with E-state index in [0.717, 1.165) is 22.1 Å². The third-order valence-electron chi connectivity index (χ3n) is 5.55. The van der Waals surface area contributed by atoms with Crippen molar-refractivity contribution in [3.05, 3.63) is 64.5 Å². The maximum absolute atomic E-state index is 12.5. The zero-order valence-electron chi connectivity index (χ0n) is 18.9. The molecule has 0 saturated heterocycles. The van der Waals surface area contributed by atoms with Crippen molar-refractivity contribution >= 4 is 23.6 Å². The van der Waals surface area contributed by atoms with Gasteiger partial charge in [-0.25, -0.2) is 9.97 Å². The largest absolute Gasteiger partial charge is 0.273 e. The van der Waals surface area contributed by atoms with Gasteiger partial charge in [-0.1, -0.05) is 49.4 Å². The lowest BCUT2D eigenvalue weighted by atomic mass is 10.1. The Morgan fingerprint density at radius 3 is 2.26 bits per heavy atom. The number of aromatic nitrogens is 2. The van der Waals surface area contributed by atoms with Crippen LogP contribution in [0.15, 0.2) is 47.1 Å². The molecule has 0 bridgehead atoms. The van der Waals surface area contributed by atoms with E-state index < -0.39 is 0 Å². The Morgan fingerprint density at radius 1 is 1.06 bits per heavy atom. The third-order valence-corrected chi connectivity index (χ3v) is 6.47. The van der Waals surface area contributed by atoms with Crippen LogP contribution in [0.25, 0.3) is 0 Å². The quantitative estimate of drug-likeness (QED) is 0.303. The molecule has 0 spiro atoms. The number of amides is 2. The van der Waals surface area contributed by atoms with Crippen LogP contribution in [0.4, 0.5) is 0 Å². The maximum atomic E-state index is 12.5. The molecule has 1 aromatic carbocycles. The first-order valence-electron chi connectivity index (χ1n) is 10.4. The molecule has 1 saturated carbocycles. The Hall–Kier alpha value is -2.67.